The van der Waals surface area contributed by atoms with Gasteiger partial charge in [0, 0.05) is 35.6 Å². The fraction of sp³-hybridized carbons (Fsp3) is 0.250. The molecule has 8 heteroatoms. The molecule has 1 aliphatic rings. The Labute approximate surface area is 191 Å². The summed E-state index contributed by atoms with van der Waals surface area (Å²) in [5, 5.41) is 3.58. The van der Waals surface area contributed by atoms with Crippen LogP contribution in [-0.2, 0) is 30.8 Å². The molecule has 32 heavy (non-hydrogen) atoms. The number of amides is 2. The van der Waals surface area contributed by atoms with Crippen LogP contribution in [0.4, 0.5) is 5.82 Å². The van der Waals surface area contributed by atoms with Gasteiger partial charge in [-0.25, -0.2) is 4.98 Å². The number of pyridine rings is 2. The fourth-order valence-electron chi connectivity index (χ4n) is 3.95. The molecule has 164 valence electrons. The summed E-state index contributed by atoms with van der Waals surface area (Å²) in [4.78, 5) is 35.7. The van der Waals surface area contributed by atoms with E-state index in [2.05, 4.69) is 15.3 Å². The van der Waals surface area contributed by atoms with Crippen molar-refractivity contribution in [2.24, 2.45) is 0 Å². The number of rotatable bonds is 5. The van der Waals surface area contributed by atoms with Gasteiger partial charge in [0.05, 0.1) is 18.7 Å². The van der Waals surface area contributed by atoms with E-state index in [9.17, 15) is 9.59 Å². The second kappa shape index (κ2) is 8.96. The molecule has 3 heterocycles. The highest BCUT2D eigenvalue weighted by Gasteiger charge is 2.24. The zero-order valence-electron chi connectivity index (χ0n) is 18.0. The van der Waals surface area contributed by atoms with Gasteiger partial charge in [0.15, 0.2) is 0 Å². The first-order valence-corrected chi connectivity index (χ1v) is 10.7. The molecule has 0 spiro atoms. The van der Waals surface area contributed by atoms with Gasteiger partial charge in [-0.1, -0.05) is 17.7 Å². The average Bonchev–Trinajstić information content (AvgIpc) is 2.74. The molecular formula is C24H24ClN5O2. The summed E-state index contributed by atoms with van der Waals surface area (Å²) >= 11 is 6.11. The molecule has 3 N–H and O–H groups in total. The number of aryl methyl sites for hydroxylation is 2. The van der Waals surface area contributed by atoms with E-state index in [1.807, 2.05) is 26.0 Å². The van der Waals surface area contributed by atoms with Gasteiger partial charge in [-0.15, -0.1) is 0 Å². The molecule has 0 saturated heterocycles. The minimum Gasteiger partial charge on any atom is -0.384 e. The summed E-state index contributed by atoms with van der Waals surface area (Å²) in [6.45, 7) is 4.96. The summed E-state index contributed by atoms with van der Waals surface area (Å²) in [6, 6.07) is 10.8. The number of aromatic nitrogens is 2. The van der Waals surface area contributed by atoms with Gasteiger partial charge in [0.25, 0.3) is 5.91 Å². The molecule has 0 saturated carbocycles. The highest BCUT2D eigenvalue weighted by molar-refractivity contribution is 6.30. The van der Waals surface area contributed by atoms with Crippen LogP contribution in [0.5, 0.6) is 0 Å². The number of hydrogen-bond acceptors (Lipinski definition) is 5. The molecule has 4 rings (SSSR count). The van der Waals surface area contributed by atoms with Crippen molar-refractivity contribution in [3.05, 3.63) is 86.8 Å². The molecule has 7 nitrogen and oxygen atoms in total. The zero-order valence-corrected chi connectivity index (χ0v) is 18.7. The van der Waals surface area contributed by atoms with Crippen LogP contribution in [0, 0.1) is 13.8 Å². The third-order valence-electron chi connectivity index (χ3n) is 5.66. The molecule has 0 fully saturated rings. The van der Waals surface area contributed by atoms with Crippen LogP contribution in [0.1, 0.15) is 44.0 Å². The number of nitrogens with zero attached hydrogens (tertiary/aromatic N) is 3. The maximum absolute atomic E-state index is 12.7. The normalized spacial score (nSPS) is 13.1. The van der Waals surface area contributed by atoms with Crippen molar-refractivity contribution < 1.29 is 9.59 Å². The zero-order chi connectivity index (χ0) is 22.8. The molecule has 2 aromatic heterocycles. The Hall–Kier alpha value is -3.45. The van der Waals surface area contributed by atoms with E-state index in [1.165, 1.54) is 0 Å². The van der Waals surface area contributed by atoms with Gasteiger partial charge in [0.1, 0.15) is 5.82 Å². The van der Waals surface area contributed by atoms with Crippen LogP contribution in [0.15, 0.2) is 42.6 Å². The van der Waals surface area contributed by atoms with E-state index >= 15 is 0 Å². The largest absolute Gasteiger partial charge is 0.384 e. The van der Waals surface area contributed by atoms with Crippen molar-refractivity contribution in [2.75, 3.05) is 5.73 Å². The van der Waals surface area contributed by atoms with Gasteiger partial charge in [-0.3, -0.25) is 14.6 Å². The molecule has 1 aromatic carbocycles. The van der Waals surface area contributed by atoms with E-state index in [4.69, 9.17) is 17.3 Å². The van der Waals surface area contributed by atoms with E-state index in [1.54, 1.807) is 35.4 Å². The molecule has 2 amide bonds. The number of nitrogens with one attached hydrogen (secondary N) is 1. The number of halogens is 1. The Balaban J connectivity index is 1.44. The smallest absolute Gasteiger partial charge is 0.251 e. The van der Waals surface area contributed by atoms with Gasteiger partial charge in [0.2, 0.25) is 5.91 Å². The Bertz CT molecular complexity index is 1190. The van der Waals surface area contributed by atoms with Crippen LogP contribution in [0.3, 0.4) is 0 Å². The Kier molecular flexibility index (Phi) is 6.10. The molecule has 0 radical (unpaired) electrons. The van der Waals surface area contributed by atoms with E-state index in [-0.39, 0.29) is 11.8 Å². The number of fused-ring (bicyclic) bond motifs is 1. The average molecular weight is 450 g/mol. The molecule has 3 aromatic rings. The molecule has 0 bridgehead atoms. The van der Waals surface area contributed by atoms with Crippen LogP contribution >= 0.6 is 11.6 Å². The molecule has 0 aliphatic carbocycles. The van der Waals surface area contributed by atoms with Gasteiger partial charge in [-0.05, 0) is 66.4 Å². The molecule has 1 aliphatic heterocycles. The standard InChI is InChI=1S/C24H24ClN5O2/c1-14-7-22(26)29-15(2)21(14)11-28-24(32)17-5-6-27-20(9-17)13-30-12-18-8-19(25)4-3-16(18)10-23(30)31/h3-9H,10-13H2,1-2H3,(H2,26,29)(H,28,32). The topological polar surface area (TPSA) is 101 Å². The Morgan fingerprint density at radius 3 is 2.78 bits per heavy atom. The van der Waals surface area contributed by atoms with Gasteiger partial charge < -0.3 is 16.0 Å². The predicted molar refractivity (Wildman–Crippen MR) is 123 cm³/mol. The quantitative estimate of drug-likeness (QED) is 0.622. The first kappa shape index (κ1) is 21.8. The lowest BCUT2D eigenvalue weighted by atomic mass is 9.99. The van der Waals surface area contributed by atoms with Crippen molar-refractivity contribution in [1.82, 2.24) is 20.2 Å². The predicted octanol–water partition coefficient (Wildman–Crippen LogP) is 3.34. The van der Waals surface area contributed by atoms with Crippen molar-refractivity contribution in [1.29, 1.82) is 0 Å². The summed E-state index contributed by atoms with van der Waals surface area (Å²) in [6.07, 6.45) is 1.92. The van der Waals surface area contributed by atoms with Crippen LogP contribution in [-0.4, -0.2) is 26.7 Å². The number of anilines is 1. The minimum atomic E-state index is -0.216. The van der Waals surface area contributed by atoms with Crippen molar-refractivity contribution in [2.45, 2.75) is 39.9 Å². The first-order valence-electron chi connectivity index (χ1n) is 10.3. The van der Waals surface area contributed by atoms with Crippen LogP contribution in [0.25, 0.3) is 0 Å². The fourth-order valence-corrected chi connectivity index (χ4v) is 4.15. The number of nitrogens with two attached hydrogens (primary N) is 1. The van der Waals surface area contributed by atoms with Crippen molar-refractivity contribution >= 4 is 29.2 Å². The maximum Gasteiger partial charge on any atom is 0.251 e. The van der Waals surface area contributed by atoms with Crippen molar-refractivity contribution in [3.63, 3.8) is 0 Å². The highest BCUT2D eigenvalue weighted by Crippen LogP contribution is 2.24. The van der Waals surface area contributed by atoms with E-state index in [0.29, 0.717) is 48.2 Å². The molecular weight excluding hydrogens is 426 g/mol. The lowest BCUT2D eigenvalue weighted by Crippen LogP contribution is -2.36. The Morgan fingerprint density at radius 1 is 1.19 bits per heavy atom. The Morgan fingerprint density at radius 2 is 2.00 bits per heavy atom. The van der Waals surface area contributed by atoms with Crippen LogP contribution < -0.4 is 11.1 Å². The summed E-state index contributed by atoms with van der Waals surface area (Å²) in [5.74, 6) is 0.274. The third kappa shape index (κ3) is 4.73. The number of hydrogen-bond donors (Lipinski definition) is 2. The molecule has 0 atom stereocenters. The highest BCUT2D eigenvalue weighted by atomic mass is 35.5. The van der Waals surface area contributed by atoms with Gasteiger partial charge in [-0.2, -0.15) is 0 Å². The van der Waals surface area contributed by atoms with E-state index in [0.717, 1.165) is 27.9 Å². The maximum atomic E-state index is 12.7. The number of nitrogen functional groups attached to an aromatic ring is 1. The van der Waals surface area contributed by atoms with Crippen LogP contribution in [0.2, 0.25) is 5.02 Å². The SMILES string of the molecule is Cc1cc(N)nc(C)c1CNC(=O)c1ccnc(CN2Cc3cc(Cl)ccc3CC2=O)c1. The lowest BCUT2D eigenvalue weighted by Gasteiger charge is -2.28. The lowest BCUT2D eigenvalue weighted by molar-refractivity contribution is -0.132. The van der Waals surface area contributed by atoms with Crippen molar-refractivity contribution in [3.8, 4) is 0 Å². The monoisotopic (exact) mass is 449 g/mol. The minimum absolute atomic E-state index is 0.0262. The second-order valence-electron chi connectivity index (χ2n) is 7.99. The van der Waals surface area contributed by atoms with E-state index < -0.39 is 0 Å². The number of benzene rings is 1. The van der Waals surface area contributed by atoms with Gasteiger partial charge >= 0.3 is 0 Å². The number of carbonyl (C=O) groups is 2. The summed E-state index contributed by atoms with van der Waals surface area (Å²) < 4.78 is 0. The third-order valence-corrected chi connectivity index (χ3v) is 5.89. The summed E-state index contributed by atoms with van der Waals surface area (Å²) in [5.41, 5.74) is 11.7. The molecule has 0 unspecified atom stereocenters. The summed E-state index contributed by atoms with van der Waals surface area (Å²) in [7, 11) is 0. The second-order valence-corrected chi connectivity index (χ2v) is 8.42. The number of carbonyl (C=O) groups excluding carboxylic acids is 2. The first-order chi connectivity index (χ1) is 15.3.